The number of pyridine rings is 1. The zero-order valence-electron chi connectivity index (χ0n) is 11.9. The number of amidine groups is 1. The fraction of sp³-hybridized carbons (Fsp3) is 0.500. The van der Waals surface area contributed by atoms with E-state index < -0.39 is 4.92 Å². The molecule has 0 aromatic carbocycles. The zero-order chi connectivity index (χ0) is 15.6. The minimum absolute atomic E-state index is 0.169. The fourth-order valence-corrected chi connectivity index (χ4v) is 2.47. The van der Waals surface area contributed by atoms with E-state index in [4.69, 9.17) is 10.9 Å². The second kappa shape index (κ2) is 5.92. The number of nitrogens with two attached hydrogens (primary N) is 1. The number of aromatic nitrogens is 1. The second-order valence-corrected chi connectivity index (χ2v) is 5.11. The molecule has 2 heterocycles. The summed E-state index contributed by atoms with van der Waals surface area (Å²) in [5.41, 5.74) is 5.72. The molecule has 21 heavy (non-hydrogen) atoms. The van der Waals surface area contributed by atoms with E-state index in [0.717, 1.165) is 13.1 Å². The first-order chi connectivity index (χ1) is 9.93. The molecule has 1 aromatic rings. The number of nitrogens with zero attached hydrogens (tertiary/aromatic N) is 5. The Kier molecular flexibility index (Phi) is 4.22. The summed E-state index contributed by atoms with van der Waals surface area (Å²) < 4.78 is 0. The van der Waals surface area contributed by atoms with Crippen molar-refractivity contribution in [3.63, 3.8) is 0 Å². The topological polar surface area (TPSA) is 121 Å². The number of anilines is 1. The molecule has 9 heteroatoms. The highest BCUT2D eigenvalue weighted by molar-refractivity contribution is 6.02. The summed E-state index contributed by atoms with van der Waals surface area (Å²) in [4.78, 5) is 18.7. The Balaban J connectivity index is 2.45. The summed E-state index contributed by atoms with van der Waals surface area (Å²) in [5, 5.41) is 22.7. The van der Waals surface area contributed by atoms with Gasteiger partial charge in [0.2, 0.25) is 0 Å². The van der Waals surface area contributed by atoms with Crippen molar-refractivity contribution in [1.82, 2.24) is 9.88 Å². The first-order valence-corrected chi connectivity index (χ1v) is 6.51. The van der Waals surface area contributed by atoms with Crippen LogP contribution in [0.5, 0.6) is 0 Å². The number of piperazine rings is 1. The molecule has 0 saturated carbocycles. The maximum atomic E-state index is 10.9. The van der Waals surface area contributed by atoms with Gasteiger partial charge in [0.15, 0.2) is 5.84 Å². The molecule has 1 unspecified atom stereocenters. The highest BCUT2D eigenvalue weighted by Crippen LogP contribution is 2.25. The summed E-state index contributed by atoms with van der Waals surface area (Å²) in [5.74, 6) is 0.309. The standard InChI is InChI=1S/C12H18N6O3/c1-8-7-16(2)3-4-17(8)12-10(11(13)15-19)5-9(6-14-12)18(20)21/h5-6,8,19H,3-4,7H2,1-2H3,(H2,13,15). The van der Waals surface area contributed by atoms with E-state index in [2.05, 4.69) is 15.0 Å². The van der Waals surface area contributed by atoms with E-state index in [1.807, 2.05) is 18.9 Å². The van der Waals surface area contributed by atoms with Crippen LogP contribution in [0, 0.1) is 10.1 Å². The minimum Gasteiger partial charge on any atom is -0.409 e. The molecule has 1 saturated heterocycles. The lowest BCUT2D eigenvalue weighted by molar-refractivity contribution is -0.385. The van der Waals surface area contributed by atoms with Crippen LogP contribution in [-0.4, -0.2) is 58.6 Å². The van der Waals surface area contributed by atoms with E-state index in [9.17, 15) is 10.1 Å². The number of hydrogen-bond donors (Lipinski definition) is 2. The van der Waals surface area contributed by atoms with Crippen molar-refractivity contribution in [2.75, 3.05) is 31.6 Å². The maximum absolute atomic E-state index is 10.9. The maximum Gasteiger partial charge on any atom is 0.288 e. The van der Waals surface area contributed by atoms with Gasteiger partial charge in [-0.2, -0.15) is 0 Å². The molecule has 1 aliphatic rings. The minimum atomic E-state index is -0.557. The normalized spacial score (nSPS) is 20.6. The molecule has 3 N–H and O–H groups in total. The third-order valence-corrected chi connectivity index (χ3v) is 3.55. The van der Waals surface area contributed by atoms with Gasteiger partial charge >= 0.3 is 0 Å². The number of nitro groups is 1. The smallest absolute Gasteiger partial charge is 0.288 e. The average molecular weight is 294 g/mol. The SMILES string of the molecule is CC1CN(C)CCN1c1ncc([N+](=O)[O-])cc1C(N)=NO. The number of rotatable bonds is 3. The Morgan fingerprint density at radius 2 is 2.33 bits per heavy atom. The summed E-state index contributed by atoms with van der Waals surface area (Å²) in [7, 11) is 2.03. The van der Waals surface area contributed by atoms with Gasteiger partial charge in [0.05, 0.1) is 10.5 Å². The monoisotopic (exact) mass is 294 g/mol. The molecule has 114 valence electrons. The van der Waals surface area contributed by atoms with Crippen molar-refractivity contribution < 1.29 is 10.1 Å². The van der Waals surface area contributed by atoms with Crippen molar-refractivity contribution in [2.45, 2.75) is 13.0 Å². The molecule has 1 aromatic heterocycles. The molecule has 0 spiro atoms. The Hall–Kier alpha value is -2.42. The van der Waals surface area contributed by atoms with Gasteiger partial charge in [-0.15, -0.1) is 0 Å². The van der Waals surface area contributed by atoms with Gasteiger partial charge in [0.25, 0.3) is 5.69 Å². The van der Waals surface area contributed by atoms with Crippen molar-refractivity contribution in [3.05, 3.63) is 27.9 Å². The van der Waals surface area contributed by atoms with Crippen LogP contribution in [-0.2, 0) is 0 Å². The number of oxime groups is 1. The lowest BCUT2D eigenvalue weighted by atomic mass is 10.1. The predicted octanol–water partition coefficient (Wildman–Crippen LogP) is 0.225. The van der Waals surface area contributed by atoms with E-state index in [0.29, 0.717) is 12.4 Å². The van der Waals surface area contributed by atoms with Crippen LogP contribution in [0.1, 0.15) is 12.5 Å². The summed E-state index contributed by atoms with van der Waals surface area (Å²) in [6.45, 7) is 4.44. The van der Waals surface area contributed by atoms with E-state index in [1.54, 1.807) is 0 Å². The third kappa shape index (κ3) is 3.02. The van der Waals surface area contributed by atoms with Crippen molar-refractivity contribution in [3.8, 4) is 0 Å². The van der Waals surface area contributed by atoms with Crippen LogP contribution in [0.4, 0.5) is 11.5 Å². The fourth-order valence-electron chi connectivity index (χ4n) is 2.47. The van der Waals surface area contributed by atoms with E-state index in [1.165, 1.54) is 12.3 Å². The van der Waals surface area contributed by atoms with Crippen molar-refractivity contribution in [2.24, 2.45) is 10.9 Å². The van der Waals surface area contributed by atoms with Crippen LogP contribution >= 0.6 is 0 Å². The third-order valence-electron chi connectivity index (χ3n) is 3.55. The molecule has 1 fully saturated rings. The van der Waals surface area contributed by atoms with Crippen LogP contribution in [0.2, 0.25) is 0 Å². The van der Waals surface area contributed by atoms with Gasteiger partial charge in [-0.3, -0.25) is 10.1 Å². The molecule has 1 aliphatic heterocycles. The molecule has 9 nitrogen and oxygen atoms in total. The molecular weight excluding hydrogens is 276 g/mol. The molecule has 1 atom stereocenters. The highest BCUT2D eigenvalue weighted by Gasteiger charge is 2.27. The molecule has 2 rings (SSSR count). The van der Waals surface area contributed by atoms with Crippen LogP contribution in [0.15, 0.2) is 17.4 Å². The first-order valence-electron chi connectivity index (χ1n) is 6.51. The van der Waals surface area contributed by atoms with Gasteiger partial charge in [-0.1, -0.05) is 5.16 Å². The molecule has 0 aliphatic carbocycles. The number of hydrogen-bond acceptors (Lipinski definition) is 7. The summed E-state index contributed by atoms with van der Waals surface area (Å²) in [6, 6.07) is 1.45. The first kappa shape index (κ1) is 15.0. The van der Waals surface area contributed by atoms with Gasteiger partial charge in [0, 0.05) is 31.7 Å². The quantitative estimate of drug-likeness (QED) is 0.269. The average Bonchev–Trinajstić information content (AvgIpc) is 2.46. The second-order valence-electron chi connectivity index (χ2n) is 5.11. The van der Waals surface area contributed by atoms with Gasteiger partial charge in [-0.05, 0) is 14.0 Å². The van der Waals surface area contributed by atoms with Gasteiger partial charge < -0.3 is 20.7 Å². The van der Waals surface area contributed by atoms with Crippen LogP contribution in [0.25, 0.3) is 0 Å². The highest BCUT2D eigenvalue weighted by atomic mass is 16.6. The predicted molar refractivity (Wildman–Crippen MR) is 77.7 cm³/mol. The zero-order valence-corrected chi connectivity index (χ0v) is 11.9. The van der Waals surface area contributed by atoms with Crippen molar-refractivity contribution >= 4 is 17.3 Å². The van der Waals surface area contributed by atoms with E-state index in [-0.39, 0.29) is 23.1 Å². The van der Waals surface area contributed by atoms with Crippen molar-refractivity contribution in [1.29, 1.82) is 0 Å². The summed E-state index contributed by atoms with van der Waals surface area (Å²) in [6.07, 6.45) is 1.19. The largest absolute Gasteiger partial charge is 0.409 e. The van der Waals surface area contributed by atoms with Crippen LogP contribution < -0.4 is 10.6 Å². The Bertz CT molecular complexity index is 576. The Morgan fingerprint density at radius 1 is 1.62 bits per heavy atom. The Labute approximate surface area is 121 Å². The Morgan fingerprint density at radius 3 is 2.90 bits per heavy atom. The lowest BCUT2D eigenvalue weighted by Crippen LogP contribution is -2.51. The number of likely N-dealkylation sites (N-methyl/N-ethyl adjacent to an activating group) is 1. The lowest BCUT2D eigenvalue weighted by Gasteiger charge is -2.39. The van der Waals surface area contributed by atoms with E-state index >= 15 is 0 Å². The molecule has 0 radical (unpaired) electrons. The molecule has 0 amide bonds. The van der Waals surface area contributed by atoms with Gasteiger partial charge in [-0.25, -0.2) is 4.98 Å². The van der Waals surface area contributed by atoms with Gasteiger partial charge in [0.1, 0.15) is 12.0 Å². The summed E-state index contributed by atoms with van der Waals surface area (Å²) >= 11 is 0. The molecule has 0 bridgehead atoms. The molecular formula is C12H18N6O3. The van der Waals surface area contributed by atoms with Crippen LogP contribution in [0.3, 0.4) is 0 Å².